The Balaban J connectivity index is 3.10. The standard InChI is InChI=1S/C12H16F3N3O2/c1-2-3-9(7-16)17-8-4-5-11(18(19)20)10(6-8)12(13,14)15/h4-6,9,17H,2-3,7,16H2,1H3. The number of benzene rings is 1. The second kappa shape index (κ2) is 6.56. The Morgan fingerprint density at radius 2 is 2.10 bits per heavy atom. The van der Waals surface area contributed by atoms with E-state index in [-0.39, 0.29) is 18.3 Å². The minimum absolute atomic E-state index is 0.164. The normalized spacial score (nSPS) is 13.1. The summed E-state index contributed by atoms with van der Waals surface area (Å²) in [6.45, 7) is 2.20. The lowest BCUT2D eigenvalue weighted by Crippen LogP contribution is -2.28. The highest BCUT2D eigenvalue weighted by molar-refractivity contribution is 5.55. The number of nitro groups is 1. The smallest absolute Gasteiger partial charge is 0.381 e. The first kappa shape index (κ1) is 16.2. The van der Waals surface area contributed by atoms with Crippen LogP contribution in [0.2, 0.25) is 0 Å². The molecule has 20 heavy (non-hydrogen) atoms. The van der Waals surface area contributed by atoms with Crippen molar-refractivity contribution in [3.05, 3.63) is 33.9 Å². The maximum absolute atomic E-state index is 12.8. The fourth-order valence-electron chi connectivity index (χ4n) is 1.85. The summed E-state index contributed by atoms with van der Waals surface area (Å²) in [6.07, 6.45) is -3.24. The third kappa shape index (κ3) is 4.09. The molecule has 0 heterocycles. The van der Waals surface area contributed by atoms with Crippen LogP contribution < -0.4 is 11.1 Å². The summed E-state index contributed by atoms with van der Waals surface area (Å²) in [5.41, 5.74) is 3.47. The van der Waals surface area contributed by atoms with Gasteiger partial charge in [-0.15, -0.1) is 0 Å². The topological polar surface area (TPSA) is 81.2 Å². The fourth-order valence-corrected chi connectivity index (χ4v) is 1.85. The van der Waals surface area contributed by atoms with E-state index in [1.807, 2.05) is 6.92 Å². The minimum Gasteiger partial charge on any atom is -0.381 e. The van der Waals surface area contributed by atoms with E-state index in [9.17, 15) is 23.3 Å². The van der Waals surface area contributed by atoms with E-state index in [2.05, 4.69) is 5.32 Å². The Hall–Kier alpha value is -1.83. The van der Waals surface area contributed by atoms with Crippen molar-refractivity contribution >= 4 is 11.4 Å². The van der Waals surface area contributed by atoms with Gasteiger partial charge in [0.15, 0.2) is 0 Å². The lowest BCUT2D eigenvalue weighted by Gasteiger charge is -2.18. The average Bonchev–Trinajstić information content (AvgIpc) is 2.36. The van der Waals surface area contributed by atoms with Crippen LogP contribution in [0.15, 0.2) is 18.2 Å². The fraction of sp³-hybridized carbons (Fsp3) is 0.500. The van der Waals surface area contributed by atoms with Gasteiger partial charge in [0.1, 0.15) is 5.56 Å². The van der Waals surface area contributed by atoms with Crippen LogP contribution in [0, 0.1) is 10.1 Å². The van der Waals surface area contributed by atoms with Crippen molar-refractivity contribution in [1.82, 2.24) is 0 Å². The van der Waals surface area contributed by atoms with Crippen molar-refractivity contribution in [1.29, 1.82) is 0 Å². The molecule has 0 saturated carbocycles. The van der Waals surface area contributed by atoms with Gasteiger partial charge in [-0.25, -0.2) is 0 Å². The Morgan fingerprint density at radius 1 is 1.45 bits per heavy atom. The lowest BCUT2D eigenvalue weighted by atomic mass is 10.1. The number of hydrogen-bond donors (Lipinski definition) is 2. The molecule has 0 amide bonds. The molecule has 1 rings (SSSR count). The maximum Gasteiger partial charge on any atom is 0.423 e. The first-order valence-electron chi connectivity index (χ1n) is 6.11. The molecule has 0 fully saturated rings. The van der Waals surface area contributed by atoms with Crippen molar-refractivity contribution in [2.75, 3.05) is 11.9 Å². The van der Waals surface area contributed by atoms with Crippen LogP contribution in [0.3, 0.4) is 0 Å². The summed E-state index contributed by atoms with van der Waals surface area (Å²) in [4.78, 5) is 9.58. The molecule has 1 aromatic carbocycles. The largest absolute Gasteiger partial charge is 0.423 e. The van der Waals surface area contributed by atoms with E-state index >= 15 is 0 Å². The molecule has 5 nitrogen and oxygen atoms in total. The van der Waals surface area contributed by atoms with Crippen LogP contribution in [0.25, 0.3) is 0 Å². The number of nitrogens with two attached hydrogens (primary N) is 1. The molecule has 1 atom stereocenters. The van der Waals surface area contributed by atoms with Gasteiger partial charge in [-0.3, -0.25) is 10.1 Å². The molecule has 0 bridgehead atoms. The Bertz CT molecular complexity index is 478. The zero-order valence-electron chi connectivity index (χ0n) is 10.9. The molecule has 0 aliphatic rings. The van der Waals surface area contributed by atoms with Gasteiger partial charge in [0.25, 0.3) is 5.69 Å². The first-order valence-corrected chi connectivity index (χ1v) is 6.11. The van der Waals surface area contributed by atoms with Gasteiger partial charge in [-0.2, -0.15) is 13.2 Å². The predicted molar refractivity (Wildman–Crippen MR) is 69.5 cm³/mol. The van der Waals surface area contributed by atoms with E-state index in [0.29, 0.717) is 6.42 Å². The van der Waals surface area contributed by atoms with Crippen LogP contribution in [0.1, 0.15) is 25.3 Å². The molecule has 8 heteroatoms. The van der Waals surface area contributed by atoms with Crippen LogP contribution >= 0.6 is 0 Å². The zero-order chi connectivity index (χ0) is 15.3. The van der Waals surface area contributed by atoms with Gasteiger partial charge in [0.05, 0.1) is 4.92 Å². The van der Waals surface area contributed by atoms with E-state index < -0.39 is 22.4 Å². The number of nitro benzene ring substituents is 1. The van der Waals surface area contributed by atoms with Crippen LogP contribution in [-0.4, -0.2) is 17.5 Å². The molecule has 0 spiro atoms. The number of nitrogens with zero attached hydrogens (tertiary/aromatic N) is 1. The summed E-state index contributed by atoms with van der Waals surface area (Å²) in [5, 5.41) is 13.5. The van der Waals surface area contributed by atoms with Gasteiger partial charge in [-0.1, -0.05) is 13.3 Å². The number of halogens is 3. The minimum atomic E-state index is -4.77. The van der Waals surface area contributed by atoms with Crippen LogP contribution in [0.5, 0.6) is 0 Å². The number of rotatable bonds is 6. The van der Waals surface area contributed by atoms with Crippen molar-refractivity contribution in [2.24, 2.45) is 5.73 Å². The quantitative estimate of drug-likeness (QED) is 0.623. The molecular weight excluding hydrogens is 275 g/mol. The maximum atomic E-state index is 12.8. The van der Waals surface area contributed by atoms with Gasteiger partial charge in [0, 0.05) is 24.3 Å². The van der Waals surface area contributed by atoms with Gasteiger partial charge >= 0.3 is 6.18 Å². The Morgan fingerprint density at radius 3 is 2.55 bits per heavy atom. The summed E-state index contributed by atoms with van der Waals surface area (Å²) < 4.78 is 38.4. The molecule has 1 unspecified atom stereocenters. The zero-order valence-corrected chi connectivity index (χ0v) is 10.9. The number of hydrogen-bond acceptors (Lipinski definition) is 4. The van der Waals surface area contributed by atoms with Gasteiger partial charge in [0.2, 0.25) is 0 Å². The Kier molecular flexibility index (Phi) is 5.32. The molecule has 0 aromatic heterocycles. The Labute approximate surface area is 114 Å². The van der Waals surface area contributed by atoms with E-state index in [0.717, 1.165) is 18.6 Å². The predicted octanol–water partition coefficient (Wildman–Crippen LogP) is 3.15. The van der Waals surface area contributed by atoms with Gasteiger partial charge < -0.3 is 11.1 Å². The highest BCUT2D eigenvalue weighted by Crippen LogP contribution is 2.37. The average molecular weight is 291 g/mol. The van der Waals surface area contributed by atoms with E-state index in [4.69, 9.17) is 5.73 Å². The van der Waals surface area contributed by atoms with Crippen molar-refractivity contribution < 1.29 is 18.1 Å². The molecular formula is C12H16F3N3O2. The van der Waals surface area contributed by atoms with E-state index in [1.54, 1.807) is 0 Å². The second-order valence-electron chi connectivity index (χ2n) is 4.35. The monoisotopic (exact) mass is 291 g/mol. The third-order valence-corrected chi connectivity index (χ3v) is 2.79. The number of alkyl halides is 3. The molecule has 3 N–H and O–H groups in total. The third-order valence-electron chi connectivity index (χ3n) is 2.79. The lowest BCUT2D eigenvalue weighted by molar-refractivity contribution is -0.388. The molecule has 0 aliphatic carbocycles. The van der Waals surface area contributed by atoms with Crippen molar-refractivity contribution in [3.63, 3.8) is 0 Å². The molecule has 1 aromatic rings. The van der Waals surface area contributed by atoms with Crippen molar-refractivity contribution in [2.45, 2.75) is 32.0 Å². The molecule has 0 saturated heterocycles. The highest BCUT2D eigenvalue weighted by atomic mass is 19.4. The second-order valence-corrected chi connectivity index (χ2v) is 4.35. The van der Waals surface area contributed by atoms with Crippen LogP contribution in [-0.2, 0) is 6.18 Å². The summed E-state index contributed by atoms with van der Waals surface area (Å²) in [5.74, 6) is 0. The molecule has 112 valence electrons. The first-order chi connectivity index (χ1) is 9.29. The number of anilines is 1. The summed E-state index contributed by atoms with van der Waals surface area (Å²) in [6, 6.07) is 2.69. The summed E-state index contributed by atoms with van der Waals surface area (Å²) >= 11 is 0. The number of nitrogens with one attached hydrogen (secondary N) is 1. The van der Waals surface area contributed by atoms with Crippen molar-refractivity contribution in [3.8, 4) is 0 Å². The molecule has 0 radical (unpaired) electrons. The summed E-state index contributed by atoms with van der Waals surface area (Å²) in [7, 11) is 0. The van der Waals surface area contributed by atoms with E-state index in [1.165, 1.54) is 6.07 Å². The highest BCUT2D eigenvalue weighted by Gasteiger charge is 2.38. The molecule has 0 aliphatic heterocycles. The SMILES string of the molecule is CCCC(CN)Nc1ccc([N+](=O)[O-])c(C(F)(F)F)c1. The van der Waals surface area contributed by atoms with Gasteiger partial charge in [-0.05, 0) is 18.6 Å². The van der Waals surface area contributed by atoms with Crippen LogP contribution in [0.4, 0.5) is 24.5 Å².